The van der Waals surface area contributed by atoms with Crippen LogP contribution in [0.4, 0.5) is 0 Å². The maximum atomic E-state index is 2.99. The van der Waals surface area contributed by atoms with Gasteiger partial charge in [-0.05, 0) is 25.7 Å². The van der Waals surface area contributed by atoms with Crippen LogP contribution in [0.5, 0.6) is 0 Å². The zero-order valence-electron chi connectivity index (χ0n) is 14.2. The molecular weight excluding hydrogens is 300 g/mol. The van der Waals surface area contributed by atoms with Crippen LogP contribution in [0.1, 0.15) is 71.6 Å². The Bertz CT molecular complexity index is 470. The van der Waals surface area contributed by atoms with Crippen molar-refractivity contribution in [3.05, 3.63) is 53.0 Å². The molecule has 0 aromatic heterocycles. The summed E-state index contributed by atoms with van der Waals surface area (Å²) < 4.78 is 1.42. The van der Waals surface area contributed by atoms with Crippen molar-refractivity contribution in [2.75, 3.05) is 0 Å². The van der Waals surface area contributed by atoms with Gasteiger partial charge in [0.1, 0.15) is 0 Å². The molecule has 0 spiro atoms. The first kappa shape index (κ1) is 17.8. The van der Waals surface area contributed by atoms with Crippen molar-refractivity contribution in [2.45, 2.75) is 71.6 Å². The van der Waals surface area contributed by atoms with Gasteiger partial charge in [0.2, 0.25) is 0 Å². The molecule has 0 amide bonds. The Morgan fingerprint density at radius 2 is 1.82 bits per heavy atom. The van der Waals surface area contributed by atoms with Gasteiger partial charge >= 0.3 is 37.6 Å². The quantitative estimate of drug-likeness (QED) is 0.378. The van der Waals surface area contributed by atoms with E-state index in [0.717, 1.165) is 6.42 Å². The van der Waals surface area contributed by atoms with Crippen molar-refractivity contribution >= 4 is 3.81 Å². The van der Waals surface area contributed by atoms with Crippen molar-refractivity contribution in [2.24, 2.45) is 0 Å². The van der Waals surface area contributed by atoms with Gasteiger partial charge in [0, 0.05) is 0 Å². The van der Waals surface area contributed by atoms with Crippen LogP contribution in [-0.4, -0.2) is 3.81 Å². The number of hydrogen-bond donors (Lipinski definition) is 0. The predicted octanol–water partition coefficient (Wildman–Crippen LogP) is 6.00. The van der Waals surface area contributed by atoms with Crippen LogP contribution in [0.2, 0.25) is 0 Å². The Morgan fingerprint density at radius 3 is 2.45 bits per heavy atom. The smallest absolute Gasteiger partial charge is 0.0327 e. The number of rotatable bonds is 0. The molecule has 22 heavy (non-hydrogen) atoms. The average Bonchev–Trinajstić information content (AvgIpc) is 3.18. The summed E-state index contributed by atoms with van der Waals surface area (Å²) in [5.74, 6) is 0. The van der Waals surface area contributed by atoms with Crippen molar-refractivity contribution < 1.29 is 20.0 Å². The summed E-state index contributed by atoms with van der Waals surface area (Å²) in [6.07, 6.45) is 23.6. The van der Waals surface area contributed by atoms with E-state index in [4.69, 9.17) is 0 Å². The zero-order valence-corrected chi connectivity index (χ0v) is 15.7. The molecule has 0 radical (unpaired) electrons. The second-order valence-electron chi connectivity index (χ2n) is 6.57. The third kappa shape index (κ3) is 5.56. The summed E-state index contributed by atoms with van der Waals surface area (Å²) in [4.78, 5) is 0. The summed E-state index contributed by atoms with van der Waals surface area (Å²) in [5, 5.41) is 0. The van der Waals surface area contributed by atoms with Gasteiger partial charge in [-0.1, -0.05) is 24.8 Å². The largest absolute Gasteiger partial charge is 0.273 e. The molecule has 1 heteroatoms. The predicted molar refractivity (Wildman–Crippen MR) is 93.2 cm³/mol. The van der Waals surface area contributed by atoms with E-state index in [1.807, 2.05) is 12.2 Å². The summed E-state index contributed by atoms with van der Waals surface area (Å²) in [7, 11) is 0. The van der Waals surface area contributed by atoms with E-state index >= 15 is 0 Å². The fourth-order valence-corrected chi connectivity index (χ4v) is 3.46. The van der Waals surface area contributed by atoms with Crippen LogP contribution in [0.15, 0.2) is 40.5 Å². The summed E-state index contributed by atoms with van der Waals surface area (Å²) >= 11 is 2.08. The van der Waals surface area contributed by atoms with Gasteiger partial charge in [0.05, 0.1) is 0 Å². The van der Waals surface area contributed by atoms with E-state index < -0.39 is 0 Å². The molecule has 0 aromatic carbocycles. The molecule has 0 atom stereocenters. The monoisotopic (exact) mass is 328 g/mol. The van der Waals surface area contributed by atoms with Crippen molar-refractivity contribution in [3.8, 4) is 0 Å². The maximum absolute atomic E-state index is 2.99. The SMILES string of the molecule is C[C](C)=[Ti+2].[C-]1=CC=CC1.[CH-]1CCCC2=C1CC1=C2CCCC1. The van der Waals surface area contributed by atoms with Crippen LogP contribution in [-0.2, 0) is 20.0 Å². The summed E-state index contributed by atoms with van der Waals surface area (Å²) in [6, 6.07) is 0. The summed E-state index contributed by atoms with van der Waals surface area (Å²) in [6.45, 7) is 4.17. The fraction of sp³-hybridized carbons (Fsp3) is 0.524. The van der Waals surface area contributed by atoms with Crippen molar-refractivity contribution in [1.82, 2.24) is 0 Å². The molecule has 0 N–H and O–H groups in total. The van der Waals surface area contributed by atoms with E-state index in [9.17, 15) is 0 Å². The van der Waals surface area contributed by atoms with Gasteiger partial charge in [0.25, 0.3) is 0 Å². The normalized spacial score (nSPS) is 21.3. The Balaban J connectivity index is 0.000000163. The number of allylic oxidation sites excluding steroid dienone is 8. The molecule has 0 fully saturated rings. The Kier molecular flexibility index (Phi) is 7.69. The second-order valence-corrected chi connectivity index (χ2v) is 8.13. The molecule has 0 nitrogen and oxygen atoms in total. The van der Waals surface area contributed by atoms with Crippen LogP contribution in [0, 0.1) is 12.5 Å². The van der Waals surface area contributed by atoms with E-state index in [2.05, 4.69) is 52.4 Å². The third-order valence-electron chi connectivity index (χ3n) is 4.35. The molecule has 0 heterocycles. The molecule has 0 unspecified atom stereocenters. The molecular formula is C21H28Ti. The molecule has 0 aromatic rings. The molecule has 0 saturated heterocycles. The number of hydrogen-bond acceptors (Lipinski definition) is 0. The molecule has 4 rings (SSSR count). The molecule has 4 aliphatic carbocycles. The first-order valence-corrected chi connectivity index (χ1v) is 9.46. The van der Waals surface area contributed by atoms with Gasteiger partial charge < -0.3 is 0 Å². The minimum Gasteiger partial charge on any atom is -0.273 e. The minimum atomic E-state index is 1.01. The molecule has 4 aliphatic rings. The first-order valence-electron chi connectivity index (χ1n) is 8.68. The number of fused-ring (bicyclic) bond motifs is 1. The zero-order chi connectivity index (χ0) is 15.8. The van der Waals surface area contributed by atoms with E-state index in [0.29, 0.717) is 0 Å². The molecule has 116 valence electrons. The Hall–Kier alpha value is -0.586. The van der Waals surface area contributed by atoms with Gasteiger partial charge in [-0.25, -0.2) is 24.1 Å². The van der Waals surface area contributed by atoms with Crippen molar-refractivity contribution in [1.29, 1.82) is 0 Å². The third-order valence-corrected chi connectivity index (χ3v) is 4.35. The standard InChI is InChI=1S/C13H17.C5H5.C3H6.Ti/c1-3-7-12-10(5-1)9-11-6-2-4-8-13(11)12;1-2-4-5-3-1;1-3-2;/h5H,1-4,6-9H2;1-3H,4H2;1-2H3;/q2*-1;;+2. The first-order chi connectivity index (χ1) is 10.7. The van der Waals surface area contributed by atoms with Crippen LogP contribution in [0.25, 0.3) is 0 Å². The van der Waals surface area contributed by atoms with E-state index in [-0.39, 0.29) is 0 Å². The van der Waals surface area contributed by atoms with Gasteiger partial charge in [0.15, 0.2) is 0 Å². The molecule has 0 bridgehead atoms. The minimum absolute atomic E-state index is 1.01. The Morgan fingerprint density at radius 1 is 1.09 bits per heavy atom. The van der Waals surface area contributed by atoms with E-state index in [1.165, 1.54) is 55.2 Å². The van der Waals surface area contributed by atoms with Gasteiger partial charge in [-0.15, -0.1) is 18.4 Å². The summed E-state index contributed by atoms with van der Waals surface area (Å²) in [5.41, 5.74) is 7.06. The molecule has 0 aliphatic heterocycles. The van der Waals surface area contributed by atoms with Gasteiger partial charge in [-0.3, -0.25) is 6.08 Å². The topological polar surface area (TPSA) is 0 Å². The van der Waals surface area contributed by atoms with E-state index in [1.54, 1.807) is 22.3 Å². The van der Waals surface area contributed by atoms with Gasteiger partial charge in [-0.2, -0.15) is 11.6 Å². The maximum Gasteiger partial charge on any atom is -0.0327 e. The second kappa shape index (κ2) is 9.53. The van der Waals surface area contributed by atoms with Crippen LogP contribution in [0.3, 0.4) is 0 Å². The average molecular weight is 328 g/mol. The van der Waals surface area contributed by atoms with Crippen molar-refractivity contribution in [3.63, 3.8) is 0 Å². The fourth-order valence-electron chi connectivity index (χ4n) is 3.46. The van der Waals surface area contributed by atoms with Crippen LogP contribution >= 0.6 is 0 Å². The molecule has 0 saturated carbocycles. The van der Waals surface area contributed by atoms with Crippen LogP contribution < -0.4 is 0 Å². The Labute approximate surface area is 148 Å².